The van der Waals surface area contributed by atoms with E-state index in [9.17, 15) is 12.3 Å². The summed E-state index contributed by atoms with van der Waals surface area (Å²) in [6, 6.07) is -5.83. The van der Waals surface area contributed by atoms with Crippen LogP contribution in [0.1, 0.15) is 40.7 Å². The number of fused-ring (bicyclic) bond motifs is 5. The van der Waals surface area contributed by atoms with Crippen molar-refractivity contribution in [3.05, 3.63) is 59.2 Å². The number of nitrogens with one attached hydrogen (secondary N) is 1. The molecule has 6 rings (SSSR count). The van der Waals surface area contributed by atoms with Crippen LogP contribution < -0.4 is 9.47 Å². The minimum Gasteiger partial charge on any atom is -0.454 e. The fraction of sp³-hybridized carbons (Fsp3) is 0.273. The molecule has 2 amide bonds. The fourth-order valence-electron chi connectivity index (χ4n) is 3.58. The Morgan fingerprint density at radius 1 is 1.28 bits per heavy atom. The van der Waals surface area contributed by atoms with Crippen molar-refractivity contribution in [2.24, 2.45) is 0 Å². The van der Waals surface area contributed by atoms with E-state index in [-0.39, 0.29) is 28.8 Å². The van der Waals surface area contributed by atoms with Crippen LogP contribution in [-0.4, -0.2) is 52.9 Å². The maximum atomic E-state index is 14.0. The molecule has 3 aromatic rings. The lowest BCUT2D eigenvalue weighted by molar-refractivity contribution is -0.157. The van der Waals surface area contributed by atoms with Crippen molar-refractivity contribution in [3.63, 3.8) is 0 Å². The number of hydrogen-bond donors (Lipinski definition) is 1. The molecule has 2 aromatic carbocycles. The Hall–Kier alpha value is -3.48. The van der Waals surface area contributed by atoms with Gasteiger partial charge in [-0.3, -0.25) is 9.59 Å². The molecule has 0 spiro atoms. The Morgan fingerprint density at radius 3 is 3.03 bits per heavy atom. The molecule has 0 bridgehead atoms. The van der Waals surface area contributed by atoms with E-state index in [1.807, 2.05) is 0 Å². The largest absolute Gasteiger partial charge is 0.454 e. The van der Waals surface area contributed by atoms with Crippen LogP contribution in [0.2, 0.25) is 0 Å². The summed E-state index contributed by atoms with van der Waals surface area (Å²) < 4.78 is 121. The van der Waals surface area contributed by atoms with Crippen molar-refractivity contribution in [2.45, 2.75) is 18.4 Å². The number of benzene rings is 2. The van der Waals surface area contributed by atoms with E-state index in [0.717, 1.165) is 0 Å². The molecule has 0 radical (unpaired) electrons. The van der Waals surface area contributed by atoms with Crippen molar-refractivity contribution in [1.82, 2.24) is 14.8 Å². The zero-order chi connectivity index (χ0) is 31.1. The molecular formula is C22H19N3O4. The van der Waals surface area contributed by atoms with Gasteiger partial charge in [0.2, 0.25) is 18.6 Å². The van der Waals surface area contributed by atoms with E-state index in [1.165, 1.54) is 18.2 Å². The summed E-state index contributed by atoms with van der Waals surface area (Å²) in [6.45, 7) is -7.56. The highest BCUT2D eigenvalue weighted by atomic mass is 16.7. The van der Waals surface area contributed by atoms with Gasteiger partial charge in [-0.25, -0.2) is 0 Å². The number of likely N-dealkylation sites (N-methyl/N-ethyl adjacent to an activating group) is 1. The molecule has 0 aliphatic carbocycles. The summed E-state index contributed by atoms with van der Waals surface area (Å²) in [4.78, 5) is 30.1. The van der Waals surface area contributed by atoms with E-state index in [1.54, 1.807) is 0 Å². The maximum absolute atomic E-state index is 14.0. The van der Waals surface area contributed by atoms with Gasteiger partial charge >= 0.3 is 0 Å². The number of aromatic amines is 1. The normalized spacial score (nSPS) is 38.3. The molecule has 3 aliphatic heterocycles. The highest BCUT2D eigenvalue weighted by Gasteiger charge is 2.47. The number of amides is 2. The molecule has 7 nitrogen and oxygen atoms in total. The molecule has 1 fully saturated rings. The van der Waals surface area contributed by atoms with Crippen LogP contribution in [0.3, 0.4) is 0 Å². The van der Waals surface area contributed by atoms with Crippen LogP contribution in [0.15, 0.2) is 42.4 Å². The number of carbonyl (C=O) groups excluding carboxylic acids is 2. The topological polar surface area (TPSA) is 74.9 Å². The standard InChI is InChI=1S/C22H19N3O4/c1-24-10-19(26)25-16(22(24)27)9-14-13-4-2-3-5-15(13)23-20(14)21(25)12-6-7-17-18(8-12)29-11-28-17/h2-8,16,21,23H,9-11H2,1H3/t16-,21-/m1/s1/i1D3,2D,3D,4D,5D,9D2,10D2,16D,21D. The Bertz CT molecular complexity index is 1760. The number of H-pyrrole nitrogens is 1. The average molecular weight is 402 g/mol. The summed E-state index contributed by atoms with van der Waals surface area (Å²) in [7, 11) is 0. The van der Waals surface area contributed by atoms with Crippen LogP contribution in [0.5, 0.6) is 11.5 Å². The molecular weight excluding hydrogens is 370 g/mol. The zero-order valence-corrected chi connectivity index (χ0v) is 14.5. The third kappa shape index (κ3) is 2.24. The number of aromatic nitrogens is 1. The second kappa shape index (κ2) is 5.76. The minimum atomic E-state index is -3.68. The van der Waals surface area contributed by atoms with Crippen molar-refractivity contribution in [2.75, 3.05) is 20.3 Å². The first-order valence-corrected chi connectivity index (χ1v) is 8.47. The molecule has 0 saturated carbocycles. The van der Waals surface area contributed by atoms with E-state index >= 15 is 0 Å². The predicted octanol–water partition coefficient (Wildman–Crippen LogP) is 2.21. The van der Waals surface area contributed by atoms with Crippen molar-refractivity contribution in [3.8, 4) is 11.5 Å². The fourth-order valence-corrected chi connectivity index (χ4v) is 3.58. The first kappa shape index (κ1) is 8.10. The highest BCUT2D eigenvalue weighted by Crippen LogP contribution is 2.44. The molecule has 29 heavy (non-hydrogen) atoms. The van der Waals surface area contributed by atoms with E-state index < -0.39 is 94.9 Å². The van der Waals surface area contributed by atoms with Gasteiger partial charge in [0.15, 0.2) is 11.5 Å². The van der Waals surface area contributed by atoms with Crippen LogP contribution in [0, 0.1) is 0 Å². The van der Waals surface area contributed by atoms with Gasteiger partial charge in [0.1, 0.15) is 6.02 Å². The Morgan fingerprint density at radius 2 is 2.14 bits per heavy atom. The predicted molar refractivity (Wildman–Crippen MR) is 105 cm³/mol. The van der Waals surface area contributed by atoms with E-state index in [2.05, 4.69) is 4.98 Å². The minimum absolute atomic E-state index is 0.0241. The lowest BCUT2D eigenvalue weighted by Crippen LogP contribution is -2.62. The smallest absolute Gasteiger partial charge is 0.245 e. The highest BCUT2D eigenvalue weighted by molar-refractivity contribution is 5.97. The number of carbonyl (C=O) groups is 2. The van der Waals surface area contributed by atoms with Crippen LogP contribution >= 0.6 is 0 Å². The lowest BCUT2D eigenvalue weighted by atomic mass is 9.86. The molecule has 1 N–H and O–H groups in total. The van der Waals surface area contributed by atoms with Gasteiger partial charge in [-0.2, -0.15) is 0 Å². The zero-order valence-electron chi connectivity index (χ0n) is 27.5. The Kier molecular flexibility index (Phi) is 1.61. The second-order valence-corrected chi connectivity index (χ2v) is 6.41. The number of hydrogen-bond acceptors (Lipinski definition) is 4. The Balaban J connectivity index is 1.82. The third-order valence-corrected chi connectivity index (χ3v) is 4.83. The molecule has 7 heteroatoms. The van der Waals surface area contributed by atoms with Crippen LogP contribution in [0.25, 0.3) is 10.9 Å². The number of rotatable bonds is 1. The summed E-state index contributed by atoms with van der Waals surface area (Å²) >= 11 is 0. The first-order chi connectivity index (χ1) is 19.2. The second-order valence-electron chi connectivity index (χ2n) is 6.41. The SMILES string of the molecule is [2H]c1c([2H])c([2H])c2c3c([nH]c2c1[2H])[C@@]([2H])(c1ccc2c(c1)OCO2)N1C(=O)C([2H])([2H])N(C([2H])([2H])[2H])C(=O)[C@@]1([2H])C3([2H])[2H]. The number of nitrogens with zero attached hydrogens (tertiary/aromatic N) is 2. The quantitative estimate of drug-likeness (QED) is 0.677. The number of para-hydroxylation sites is 1. The van der Waals surface area contributed by atoms with Crippen LogP contribution in [0.4, 0.5) is 0 Å². The summed E-state index contributed by atoms with van der Waals surface area (Å²) in [5, 5.41) is -0.529. The summed E-state index contributed by atoms with van der Waals surface area (Å²) in [6.07, 6.45) is -3.47. The lowest BCUT2D eigenvalue weighted by Gasteiger charge is -2.46. The van der Waals surface area contributed by atoms with Gasteiger partial charge in [-0.1, -0.05) is 24.2 Å². The number of ether oxygens (including phenoxy) is 2. The molecule has 3 aliphatic rings. The molecule has 146 valence electrons. The molecule has 1 aromatic heterocycles. The molecule has 4 heterocycles. The van der Waals surface area contributed by atoms with Gasteiger partial charge in [-0.15, -0.1) is 0 Å². The maximum Gasteiger partial charge on any atom is 0.245 e. The monoisotopic (exact) mass is 402 g/mol. The van der Waals surface area contributed by atoms with Gasteiger partial charge in [0.05, 0.1) is 23.5 Å². The average Bonchev–Trinajstić information content (AvgIpc) is 3.53. The van der Waals surface area contributed by atoms with Gasteiger partial charge in [0.25, 0.3) is 0 Å². The van der Waals surface area contributed by atoms with Crippen molar-refractivity contribution < 1.29 is 36.9 Å². The molecule has 0 unspecified atom stereocenters. The third-order valence-electron chi connectivity index (χ3n) is 4.83. The van der Waals surface area contributed by atoms with Gasteiger partial charge in [0, 0.05) is 36.8 Å². The molecule has 2 atom stereocenters. The van der Waals surface area contributed by atoms with E-state index in [4.69, 9.17) is 24.6 Å². The van der Waals surface area contributed by atoms with Crippen molar-refractivity contribution >= 4 is 22.7 Å². The van der Waals surface area contributed by atoms with Crippen LogP contribution in [-0.2, 0) is 16.0 Å². The Labute approximate surface area is 185 Å². The summed E-state index contributed by atoms with van der Waals surface area (Å²) in [5.74, 6) is -3.64. The number of piperazine rings is 1. The first-order valence-electron chi connectivity index (χ1n) is 15.0. The van der Waals surface area contributed by atoms with E-state index in [0.29, 0.717) is 0 Å². The van der Waals surface area contributed by atoms with Gasteiger partial charge in [-0.05, 0) is 29.3 Å². The van der Waals surface area contributed by atoms with Gasteiger partial charge < -0.3 is 24.3 Å². The summed E-state index contributed by atoms with van der Waals surface area (Å²) in [5.41, 5.74) is -2.06. The van der Waals surface area contributed by atoms with Crippen molar-refractivity contribution in [1.29, 1.82) is 0 Å². The molecule has 1 saturated heterocycles.